The Morgan fingerprint density at radius 2 is 1.79 bits per heavy atom. The van der Waals surface area contributed by atoms with E-state index in [-0.39, 0.29) is 12.5 Å². The molecule has 0 spiro atoms. The lowest BCUT2D eigenvalue weighted by Gasteiger charge is -2.08. The summed E-state index contributed by atoms with van der Waals surface area (Å²) < 4.78 is 5.36. The van der Waals surface area contributed by atoms with Crippen molar-refractivity contribution in [3.63, 3.8) is 0 Å². The highest BCUT2D eigenvalue weighted by Crippen LogP contribution is 2.15. The van der Waals surface area contributed by atoms with Crippen LogP contribution in [0.2, 0.25) is 5.02 Å². The summed E-state index contributed by atoms with van der Waals surface area (Å²) in [6.45, 7) is 5.06. The summed E-state index contributed by atoms with van der Waals surface area (Å²) >= 11 is 5.79. The SMILES string of the molecule is CC(C)CCNc1ccc(NC(=O)COc2ccc(Cl)cc2)nn1. The van der Waals surface area contributed by atoms with Gasteiger partial charge < -0.3 is 15.4 Å². The first kappa shape index (κ1) is 18.0. The number of hydrogen-bond acceptors (Lipinski definition) is 5. The maximum Gasteiger partial charge on any atom is 0.263 e. The van der Waals surface area contributed by atoms with E-state index in [1.807, 2.05) is 0 Å². The molecule has 0 unspecified atom stereocenters. The number of hydrogen-bond donors (Lipinski definition) is 2. The van der Waals surface area contributed by atoms with Crippen LogP contribution in [0.5, 0.6) is 5.75 Å². The molecule has 1 aromatic carbocycles. The number of carbonyl (C=O) groups excluding carboxylic acids is 1. The molecule has 0 atom stereocenters. The Hall–Kier alpha value is -2.34. The zero-order valence-electron chi connectivity index (χ0n) is 13.8. The van der Waals surface area contributed by atoms with Gasteiger partial charge in [-0.05, 0) is 48.7 Å². The smallest absolute Gasteiger partial charge is 0.263 e. The van der Waals surface area contributed by atoms with Gasteiger partial charge in [0.15, 0.2) is 12.4 Å². The Morgan fingerprint density at radius 1 is 1.12 bits per heavy atom. The van der Waals surface area contributed by atoms with Crippen LogP contribution in [-0.2, 0) is 4.79 Å². The van der Waals surface area contributed by atoms with Gasteiger partial charge in [0.05, 0.1) is 0 Å². The second kappa shape index (κ2) is 9.08. The number of anilines is 2. The molecule has 0 saturated carbocycles. The van der Waals surface area contributed by atoms with Gasteiger partial charge in [-0.15, -0.1) is 10.2 Å². The first-order valence-electron chi connectivity index (χ1n) is 7.79. The van der Waals surface area contributed by atoms with Crippen molar-refractivity contribution in [3.8, 4) is 5.75 Å². The minimum Gasteiger partial charge on any atom is -0.484 e. The third-order valence-electron chi connectivity index (χ3n) is 3.14. The number of carbonyl (C=O) groups is 1. The van der Waals surface area contributed by atoms with Crippen molar-refractivity contribution in [3.05, 3.63) is 41.4 Å². The summed E-state index contributed by atoms with van der Waals surface area (Å²) in [5.74, 6) is 1.97. The van der Waals surface area contributed by atoms with Crippen LogP contribution < -0.4 is 15.4 Å². The highest BCUT2D eigenvalue weighted by Gasteiger charge is 2.06. The lowest BCUT2D eigenvalue weighted by atomic mass is 10.1. The zero-order valence-corrected chi connectivity index (χ0v) is 14.5. The number of benzene rings is 1. The molecule has 128 valence electrons. The average molecular weight is 349 g/mol. The third-order valence-corrected chi connectivity index (χ3v) is 3.40. The molecule has 0 bridgehead atoms. The number of rotatable bonds is 8. The summed E-state index contributed by atoms with van der Waals surface area (Å²) in [6.07, 6.45) is 1.06. The Balaban J connectivity index is 1.76. The van der Waals surface area contributed by atoms with Crippen LogP contribution >= 0.6 is 11.6 Å². The minimum atomic E-state index is -0.306. The normalized spacial score (nSPS) is 10.5. The molecule has 0 aliphatic carbocycles. The molecule has 2 rings (SSSR count). The summed E-state index contributed by atoms with van der Waals surface area (Å²) in [7, 11) is 0. The van der Waals surface area contributed by atoms with Crippen LogP contribution in [0.1, 0.15) is 20.3 Å². The molecule has 1 amide bonds. The molecular weight excluding hydrogens is 328 g/mol. The van der Waals surface area contributed by atoms with E-state index in [0.717, 1.165) is 13.0 Å². The van der Waals surface area contributed by atoms with Crippen molar-refractivity contribution in [1.82, 2.24) is 10.2 Å². The second-order valence-corrected chi connectivity index (χ2v) is 6.14. The zero-order chi connectivity index (χ0) is 17.4. The fourth-order valence-corrected chi connectivity index (χ4v) is 1.97. The van der Waals surface area contributed by atoms with E-state index in [1.165, 1.54) is 0 Å². The molecule has 0 saturated heterocycles. The van der Waals surface area contributed by atoms with E-state index in [2.05, 4.69) is 34.7 Å². The second-order valence-electron chi connectivity index (χ2n) is 5.70. The average Bonchev–Trinajstić information content (AvgIpc) is 2.56. The molecule has 6 nitrogen and oxygen atoms in total. The molecule has 7 heteroatoms. The van der Waals surface area contributed by atoms with Gasteiger partial charge in [0.2, 0.25) is 0 Å². The molecular formula is C17H21ClN4O2. The van der Waals surface area contributed by atoms with Crippen LogP contribution in [0, 0.1) is 5.92 Å². The van der Waals surface area contributed by atoms with E-state index in [1.54, 1.807) is 36.4 Å². The van der Waals surface area contributed by atoms with E-state index in [4.69, 9.17) is 16.3 Å². The van der Waals surface area contributed by atoms with Crippen molar-refractivity contribution >= 4 is 29.1 Å². The number of nitrogens with one attached hydrogen (secondary N) is 2. The Bertz CT molecular complexity index is 645. The van der Waals surface area contributed by atoms with E-state index >= 15 is 0 Å². The van der Waals surface area contributed by atoms with Gasteiger partial charge in [0.25, 0.3) is 5.91 Å². The fraction of sp³-hybridized carbons (Fsp3) is 0.353. The highest BCUT2D eigenvalue weighted by atomic mass is 35.5. The van der Waals surface area contributed by atoms with Gasteiger partial charge in [-0.3, -0.25) is 4.79 Å². The number of aromatic nitrogens is 2. The Morgan fingerprint density at radius 3 is 2.42 bits per heavy atom. The predicted molar refractivity (Wildman–Crippen MR) is 95.6 cm³/mol. The van der Waals surface area contributed by atoms with Crippen LogP contribution in [0.3, 0.4) is 0 Å². The fourth-order valence-electron chi connectivity index (χ4n) is 1.84. The van der Waals surface area contributed by atoms with Gasteiger partial charge in [-0.1, -0.05) is 25.4 Å². The summed E-state index contributed by atoms with van der Waals surface area (Å²) in [6, 6.07) is 10.3. The maximum atomic E-state index is 11.8. The molecule has 24 heavy (non-hydrogen) atoms. The topological polar surface area (TPSA) is 76.1 Å². The van der Waals surface area contributed by atoms with Crippen LogP contribution in [0.15, 0.2) is 36.4 Å². The molecule has 0 aliphatic heterocycles. The summed E-state index contributed by atoms with van der Waals surface area (Å²) in [5.41, 5.74) is 0. The molecule has 0 radical (unpaired) electrons. The van der Waals surface area contributed by atoms with Gasteiger partial charge in [0.1, 0.15) is 11.6 Å². The largest absolute Gasteiger partial charge is 0.484 e. The molecule has 1 heterocycles. The number of amides is 1. The molecule has 0 fully saturated rings. The number of ether oxygens (including phenoxy) is 1. The molecule has 1 aromatic heterocycles. The third kappa shape index (κ3) is 6.42. The summed E-state index contributed by atoms with van der Waals surface area (Å²) in [5, 5.41) is 14.4. The van der Waals surface area contributed by atoms with Crippen molar-refractivity contribution in [1.29, 1.82) is 0 Å². The van der Waals surface area contributed by atoms with E-state index in [0.29, 0.717) is 28.3 Å². The first-order valence-corrected chi connectivity index (χ1v) is 8.16. The van der Waals surface area contributed by atoms with E-state index in [9.17, 15) is 4.79 Å². The summed E-state index contributed by atoms with van der Waals surface area (Å²) in [4.78, 5) is 11.8. The Kier molecular flexibility index (Phi) is 6.81. The number of nitrogens with zero attached hydrogens (tertiary/aromatic N) is 2. The van der Waals surface area contributed by atoms with Crippen LogP contribution in [0.25, 0.3) is 0 Å². The van der Waals surface area contributed by atoms with Gasteiger partial charge in [-0.2, -0.15) is 0 Å². The van der Waals surface area contributed by atoms with Crippen LogP contribution in [-0.4, -0.2) is 29.3 Å². The van der Waals surface area contributed by atoms with Gasteiger partial charge in [-0.25, -0.2) is 0 Å². The van der Waals surface area contributed by atoms with Crippen molar-refractivity contribution in [2.75, 3.05) is 23.8 Å². The quantitative estimate of drug-likeness (QED) is 0.762. The monoisotopic (exact) mass is 348 g/mol. The van der Waals surface area contributed by atoms with Gasteiger partial charge >= 0.3 is 0 Å². The predicted octanol–water partition coefficient (Wildman–Crippen LogP) is 3.61. The molecule has 2 aromatic rings. The standard InChI is InChI=1S/C17H21ClN4O2/c1-12(2)9-10-19-15-7-8-16(22-21-15)20-17(23)11-24-14-5-3-13(18)4-6-14/h3-8,12H,9-11H2,1-2H3,(H,19,21)(H,20,22,23). The van der Waals surface area contributed by atoms with E-state index < -0.39 is 0 Å². The Labute approximate surface area is 146 Å². The van der Waals surface area contributed by atoms with Crippen LogP contribution in [0.4, 0.5) is 11.6 Å². The number of halogens is 1. The van der Waals surface area contributed by atoms with Crippen molar-refractivity contribution in [2.45, 2.75) is 20.3 Å². The van der Waals surface area contributed by atoms with Gasteiger partial charge in [0, 0.05) is 11.6 Å². The van der Waals surface area contributed by atoms with Crippen molar-refractivity contribution < 1.29 is 9.53 Å². The lowest BCUT2D eigenvalue weighted by Crippen LogP contribution is -2.21. The molecule has 0 aliphatic rings. The molecule has 2 N–H and O–H groups in total. The lowest BCUT2D eigenvalue weighted by molar-refractivity contribution is -0.118. The minimum absolute atomic E-state index is 0.113. The maximum absolute atomic E-state index is 11.8. The highest BCUT2D eigenvalue weighted by molar-refractivity contribution is 6.30. The first-order chi connectivity index (χ1) is 11.5. The van der Waals surface area contributed by atoms with Crippen molar-refractivity contribution in [2.24, 2.45) is 5.92 Å².